The molecule has 3 nitrogen and oxygen atoms in total. The lowest BCUT2D eigenvalue weighted by molar-refractivity contribution is 0.319. The first-order chi connectivity index (χ1) is 7.38. The van der Waals surface area contributed by atoms with Gasteiger partial charge in [-0.1, -0.05) is 32.1 Å². The Morgan fingerprint density at radius 3 is 2.75 bits per heavy atom. The highest BCUT2D eigenvalue weighted by atomic mass is 35.5. The molecule has 0 radical (unpaired) electrons. The molecule has 1 aliphatic rings. The Hall–Kier alpha value is -0.700. The molecule has 0 atom stereocenters. The average molecular weight is 244 g/mol. The molecular weight excluding hydrogens is 222 g/mol. The topological polar surface area (TPSA) is 29.9 Å². The largest absolute Gasteiger partial charge is 0.386 e. The summed E-state index contributed by atoms with van der Waals surface area (Å²) in [6.07, 6.45) is 12.5. The number of rotatable bonds is 4. The third kappa shape index (κ3) is 3.71. The highest BCUT2D eigenvalue weighted by molar-refractivity contribution is 5.85. The van der Waals surface area contributed by atoms with Gasteiger partial charge in [0.1, 0.15) is 0 Å². The second-order valence-corrected chi connectivity index (χ2v) is 4.53. The van der Waals surface area contributed by atoms with Gasteiger partial charge in [0.2, 0.25) is 0 Å². The monoisotopic (exact) mass is 243 g/mol. The number of nitrogens with one attached hydrogen (secondary N) is 1. The van der Waals surface area contributed by atoms with E-state index in [0.717, 1.165) is 18.2 Å². The number of anilines is 1. The minimum atomic E-state index is 0. The fourth-order valence-electron chi connectivity index (χ4n) is 2.41. The van der Waals surface area contributed by atoms with Crippen LogP contribution >= 0.6 is 12.4 Å². The molecule has 1 N–H and O–H groups in total. The van der Waals surface area contributed by atoms with E-state index in [1.807, 2.05) is 13.2 Å². The van der Waals surface area contributed by atoms with E-state index in [0.29, 0.717) is 0 Å². The van der Waals surface area contributed by atoms with E-state index in [4.69, 9.17) is 0 Å². The van der Waals surface area contributed by atoms with E-state index in [1.54, 1.807) is 0 Å². The lowest BCUT2D eigenvalue weighted by Crippen LogP contribution is -2.10. The van der Waals surface area contributed by atoms with Crippen molar-refractivity contribution in [3.8, 4) is 0 Å². The van der Waals surface area contributed by atoms with Gasteiger partial charge in [-0.2, -0.15) is 5.10 Å². The second kappa shape index (κ2) is 6.79. The van der Waals surface area contributed by atoms with Crippen molar-refractivity contribution in [1.82, 2.24) is 9.78 Å². The van der Waals surface area contributed by atoms with Crippen LogP contribution in [0.25, 0.3) is 0 Å². The Balaban J connectivity index is 0.00000128. The van der Waals surface area contributed by atoms with Crippen LogP contribution in [0.1, 0.15) is 38.5 Å². The van der Waals surface area contributed by atoms with Gasteiger partial charge < -0.3 is 5.32 Å². The molecular formula is C12H22ClN3. The summed E-state index contributed by atoms with van der Waals surface area (Å²) in [6, 6.07) is 0. The van der Waals surface area contributed by atoms with Gasteiger partial charge in [0, 0.05) is 19.8 Å². The van der Waals surface area contributed by atoms with E-state index >= 15 is 0 Å². The van der Waals surface area contributed by atoms with Crippen LogP contribution < -0.4 is 5.32 Å². The maximum absolute atomic E-state index is 4.33. The molecule has 1 fully saturated rings. The van der Waals surface area contributed by atoms with E-state index in [-0.39, 0.29) is 12.4 Å². The Morgan fingerprint density at radius 2 is 2.12 bits per heavy atom. The molecule has 0 spiro atoms. The third-order valence-corrected chi connectivity index (χ3v) is 3.41. The standard InChI is InChI=1S/C12H21N3.ClH/c1-13-12-9-14-15(10-12)8-7-11-5-3-2-4-6-11;/h9-11,13H,2-8H2,1H3;1H. The molecule has 2 rings (SSSR count). The third-order valence-electron chi connectivity index (χ3n) is 3.41. The molecule has 0 unspecified atom stereocenters. The molecule has 0 bridgehead atoms. The van der Waals surface area contributed by atoms with Gasteiger partial charge in [-0.25, -0.2) is 0 Å². The van der Waals surface area contributed by atoms with Crippen LogP contribution in [0, 0.1) is 5.92 Å². The minimum Gasteiger partial charge on any atom is -0.386 e. The van der Waals surface area contributed by atoms with E-state index in [2.05, 4.69) is 21.3 Å². The Labute approximate surface area is 104 Å². The average Bonchev–Trinajstić information content (AvgIpc) is 2.76. The first-order valence-corrected chi connectivity index (χ1v) is 6.08. The molecule has 92 valence electrons. The van der Waals surface area contributed by atoms with Gasteiger partial charge >= 0.3 is 0 Å². The highest BCUT2D eigenvalue weighted by Crippen LogP contribution is 2.26. The summed E-state index contributed by atoms with van der Waals surface area (Å²) >= 11 is 0. The summed E-state index contributed by atoms with van der Waals surface area (Å²) in [4.78, 5) is 0. The molecule has 0 aliphatic heterocycles. The van der Waals surface area contributed by atoms with Crippen LogP contribution in [0.15, 0.2) is 12.4 Å². The molecule has 1 aromatic heterocycles. The fourth-order valence-corrected chi connectivity index (χ4v) is 2.41. The lowest BCUT2D eigenvalue weighted by atomic mass is 9.87. The molecule has 16 heavy (non-hydrogen) atoms. The zero-order valence-electron chi connectivity index (χ0n) is 9.98. The van der Waals surface area contributed by atoms with Crippen molar-refractivity contribution in [2.75, 3.05) is 12.4 Å². The van der Waals surface area contributed by atoms with Crippen molar-refractivity contribution in [3.05, 3.63) is 12.4 Å². The van der Waals surface area contributed by atoms with E-state index < -0.39 is 0 Å². The number of aromatic nitrogens is 2. The predicted molar refractivity (Wildman–Crippen MR) is 70.2 cm³/mol. The van der Waals surface area contributed by atoms with E-state index in [9.17, 15) is 0 Å². The summed E-state index contributed by atoms with van der Waals surface area (Å²) in [6.45, 7) is 1.08. The zero-order chi connectivity index (χ0) is 10.5. The van der Waals surface area contributed by atoms with Crippen LogP contribution in [0.5, 0.6) is 0 Å². The second-order valence-electron chi connectivity index (χ2n) is 4.53. The van der Waals surface area contributed by atoms with Crippen molar-refractivity contribution in [1.29, 1.82) is 0 Å². The van der Waals surface area contributed by atoms with Crippen molar-refractivity contribution in [2.45, 2.75) is 45.1 Å². The van der Waals surface area contributed by atoms with E-state index in [1.165, 1.54) is 38.5 Å². The van der Waals surface area contributed by atoms with Crippen molar-refractivity contribution < 1.29 is 0 Å². The number of hydrogen-bond acceptors (Lipinski definition) is 2. The van der Waals surface area contributed by atoms with Crippen LogP contribution in [0.2, 0.25) is 0 Å². The van der Waals surface area contributed by atoms with Crippen LogP contribution in [0.3, 0.4) is 0 Å². The quantitative estimate of drug-likeness (QED) is 0.879. The van der Waals surface area contributed by atoms with Gasteiger partial charge in [-0.05, 0) is 12.3 Å². The molecule has 1 aromatic rings. The SMILES string of the molecule is CNc1cnn(CCC2CCCCC2)c1.Cl. The normalized spacial score (nSPS) is 16.8. The molecule has 1 aliphatic carbocycles. The van der Waals surface area contributed by atoms with Gasteiger partial charge in [0.25, 0.3) is 0 Å². The smallest absolute Gasteiger partial charge is 0.0723 e. The Bertz CT molecular complexity index is 292. The van der Waals surface area contributed by atoms with Gasteiger partial charge in [-0.3, -0.25) is 4.68 Å². The number of nitrogens with zero attached hydrogens (tertiary/aromatic N) is 2. The lowest BCUT2D eigenvalue weighted by Gasteiger charge is -2.21. The molecule has 1 saturated carbocycles. The predicted octanol–water partition coefficient (Wildman–Crippen LogP) is 3.32. The number of aryl methyl sites for hydroxylation is 1. The van der Waals surface area contributed by atoms with Crippen molar-refractivity contribution in [2.24, 2.45) is 5.92 Å². The maximum atomic E-state index is 4.33. The van der Waals surface area contributed by atoms with Crippen LogP contribution in [-0.2, 0) is 6.54 Å². The fraction of sp³-hybridized carbons (Fsp3) is 0.750. The molecule has 0 aromatic carbocycles. The van der Waals surface area contributed by atoms with Gasteiger partial charge in [-0.15, -0.1) is 12.4 Å². The van der Waals surface area contributed by atoms with Crippen molar-refractivity contribution >= 4 is 18.1 Å². The summed E-state index contributed by atoms with van der Waals surface area (Å²) in [5.74, 6) is 0.945. The van der Waals surface area contributed by atoms with Crippen LogP contribution in [-0.4, -0.2) is 16.8 Å². The molecule has 0 saturated heterocycles. The van der Waals surface area contributed by atoms with Crippen LogP contribution in [0.4, 0.5) is 5.69 Å². The summed E-state index contributed by atoms with van der Waals surface area (Å²) in [5.41, 5.74) is 1.11. The Morgan fingerprint density at radius 1 is 1.38 bits per heavy atom. The van der Waals surface area contributed by atoms with Crippen molar-refractivity contribution in [3.63, 3.8) is 0 Å². The zero-order valence-corrected chi connectivity index (χ0v) is 10.8. The maximum Gasteiger partial charge on any atom is 0.0723 e. The molecule has 0 amide bonds. The first-order valence-electron chi connectivity index (χ1n) is 6.08. The summed E-state index contributed by atoms with van der Waals surface area (Å²) < 4.78 is 2.06. The highest BCUT2D eigenvalue weighted by Gasteiger charge is 2.13. The van der Waals surface area contributed by atoms with Gasteiger partial charge in [0.05, 0.1) is 11.9 Å². The number of halogens is 1. The van der Waals surface area contributed by atoms with Gasteiger partial charge in [0.15, 0.2) is 0 Å². The first kappa shape index (κ1) is 13.4. The minimum absolute atomic E-state index is 0. The summed E-state index contributed by atoms with van der Waals surface area (Å²) in [7, 11) is 1.93. The molecule has 1 heterocycles. The summed E-state index contributed by atoms with van der Waals surface area (Å²) in [5, 5.41) is 7.43. The number of hydrogen-bond donors (Lipinski definition) is 1. The Kier molecular flexibility index (Phi) is 5.67. The molecule has 4 heteroatoms.